The lowest BCUT2D eigenvalue weighted by molar-refractivity contribution is -0.166. The first-order chi connectivity index (χ1) is 9.65. The molecule has 0 bridgehead atoms. The van der Waals surface area contributed by atoms with E-state index in [0.717, 1.165) is 25.3 Å². The summed E-state index contributed by atoms with van der Waals surface area (Å²) in [5.41, 5.74) is 1.17. The standard InChI is InChI=1S/C17H25NO2/c1-16(11-14-7-3-4-8-15(14)19-2)12-18-13-17(20-16)9-5-6-10-17/h3-4,7-8,18H,5-6,9-13H2,1-2H3. The summed E-state index contributed by atoms with van der Waals surface area (Å²) >= 11 is 0. The molecular weight excluding hydrogens is 250 g/mol. The molecular formula is C17H25NO2. The third-order valence-electron chi connectivity index (χ3n) is 4.68. The zero-order valence-electron chi connectivity index (χ0n) is 12.6. The van der Waals surface area contributed by atoms with Gasteiger partial charge < -0.3 is 14.8 Å². The van der Waals surface area contributed by atoms with Crippen molar-refractivity contribution >= 4 is 0 Å². The molecule has 3 nitrogen and oxygen atoms in total. The van der Waals surface area contributed by atoms with E-state index in [1.54, 1.807) is 7.11 Å². The summed E-state index contributed by atoms with van der Waals surface area (Å²) in [5.74, 6) is 0.961. The number of methoxy groups -OCH3 is 1. The Labute approximate surface area is 121 Å². The minimum absolute atomic E-state index is 0.0784. The van der Waals surface area contributed by atoms with Crippen molar-refractivity contribution in [3.05, 3.63) is 29.8 Å². The Morgan fingerprint density at radius 2 is 1.95 bits per heavy atom. The first-order valence-electron chi connectivity index (χ1n) is 7.68. The van der Waals surface area contributed by atoms with E-state index in [4.69, 9.17) is 9.47 Å². The second-order valence-corrected chi connectivity index (χ2v) is 6.53. The van der Waals surface area contributed by atoms with Crippen LogP contribution >= 0.6 is 0 Å². The molecule has 1 saturated heterocycles. The Morgan fingerprint density at radius 1 is 1.20 bits per heavy atom. The van der Waals surface area contributed by atoms with Crippen molar-refractivity contribution in [3.63, 3.8) is 0 Å². The van der Waals surface area contributed by atoms with Crippen molar-refractivity contribution in [2.45, 2.75) is 50.2 Å². The van der Waals surface area contributed by atoms with E-state index >= 15 is 0 Å². The van der Waals surface area contributed by atoms with Crippen LogP contribution in [0.5, 0.6) is 5.75 Å². The van der Waals surface area contributed by atoms with Gasteiger partial charge in [-0.1, -0.05) is 31.0 Å². The number of ether oxygens (including phenoxy) is 2. The molecule has 3 heteroatoms. The maximum Gasteiger partial charge on any atom is 0.122 e. The van der Waals surface area contributed by atoms with Crippen LogP contribution in [0.15, 0.2) is 24.3 Å². The van der Waals surface area contributed by atoms with Crippen LogP contribution in [0.1, 0.15) is 38.2 Å². The van der Waals surface area contributed by atoms with Gasteiger partial charge in [0.2, 0.25) is 0 Å². The van der Waals surface area contributed by atoms with Gasteiger partial charge in [-0.2, -0.15) is 0 Å². The molecule has 0 amide bonds. The van der Waals surface area contributed by atoms with Crippen LogP contribution in [0.3, 0.4) is 0 Å². The van der Waals surface area contributed by atoms with Gasteiger partial charge in [0.1, 0.15) is 5.75 Å². The fraction of sp³-hybridized carbons (Fsp3) is 0.647. The summed E-state index contributed by atoms with van der Waals surface area (Å²) in [6.45, 7) is 4.15. The van der Waals surface area contributed by atoms with Crippen LogP contribution in [0.4, 0.5) is 0 Å². The Kier molecular flexibility index (Phi) is 3.74. The highest BCUT2D eigenvalue weighted by Crippen LogP contribution is 2.39. The van der Waals surface area contributed by atoms with Crippen LogP contribution in [0, 0.1) is 0 Å². The number of rotatable bonds is 3. The predicted molar refractivity (Wildman–Crippen MR) is 80.3 cm³/mol. The molecule has 20 heavy (non-hydrogen) atoms. The summed E-state index contributed by atoms with van der Waals surface area (Å²) in [4.78, 5) is 0. The van der Waals surface area contributed by atoms with E-state index in [-0.39, 0.29) is 11.2 Å². The lowest BCUT2D eigenvalue weighted by Crippen LogP contribution is -2.59. The van der Waals surface area contributed by atoms with E-state index in [1.807, 2.05) is 12.1 Å². The van der Waals surface area contributed by atoms with Gasteiger partial charge in [-0.25, -0.2) is 0 Å². The Balaban J connectivity index is 1.78. The summed E-state index contributed by atoms with van der Waals surface area (Å²) in [5, 5.41) is 3.60. The number of hydrogen-bond acceptors (Lipinski definition) is 3. The van der Waals surface area contributed by atoms with E-state index in [2.05, 4.69) is 24.4 Å². The zero-order valence-corrected chi connectivity index (χ0v) is 12.6. The second kappa shape index (κ2) is 5.38. The van der Waals surface area contributed by atoms with Crippen LogP contribution in [-0.2, 0) is 11.2 Å². The maximum absolute atomic E-state index is 6.61. The molecule has 0 radical (unpaired) electrons. The zero-order chi connectivity index (χ0) is 14.1. The van der Waals surface area contributed by atoms with E-state index in [9.17, 15) is 0 Å². The monoisotopic (exact) mass is 275 g/mol. The molecule has 1 aliphatic carbocycles. The van der Waals surface area contributed by atoms with Gasteiger partial charge in [-0.05, 0) is 31.4 Å². The van der Waals surface area contributed by atoms with E-state index in [1.165, 1.54) is 31.2 Å². The van der Waals surface area contributed by atoms with Crippen molar-refractivity contribution < 1.29 is 9.47 Å². The average molecular weight is 275 g/mol. The highest BCUT2D eigenvalue weighted by atomic mass is 16.5. The summed E-state index contributed by atoms with van der Waals surface area (Å²) < 4.78 is 12.1. The van der Waals surface area contributed by atoms with E-state index < -0.39 is 0 Å². The lowest BCUT2D eigenvalue weighted by atomic mass is 9.90. The highest BCUT2D eigenvalue weighted by molar-refractivity contribution is 5.34. The molecule has 1 aromatic carbocycles. The maximum atomic E-state index is 6.61. The number of nitrogens with one attached hydrogen (secondary N) is 1. The first kappa shape index (κ1) is 13.9. The highest BCUT2D eigenvalue weighted by Gasteiger charge is 2.44. The molecule has 1 unspecified atom stereocenters. The fourth-order valence-electron chi connectivity index (χ4n) is 3.80. The van der Waals surface area contributed by atoms with Crippen molar-refractivity contribution in [3.8, 4) is 5.75 Å². The third-order valence-corrected chi connectivity index (χ3v) is 4.68. The fourth-order valence-corrected chi connectivity index (χ4v) is 3.80. The smallest absolute Gasteiger partial charge is 0.122 e. The number of hydrogen-bond donors (Lipinski definition) is 1. The number of para-hydroxylation sites is 1. The molecule has 110 valence electrons. The van der Waals surface area contributed by atoms with Crippen molar-refractivity contribution in [2.24, 2.45) is 0 Å². The van der Waals surface area contributed by atoms with E-state index in [0.29, 0.717) is 0 Å². The molecule has 1 aliphatic heterocycles. The lowest BCUT2D eigenvalue weighted by Gasteiger charge is -2.46. The average Bonchev–Trinajstić information content (AvgIpc) is 2.86. The summed E-state index contributed by atoms with van der Waals surface area (Å²) in [6.07, 6.45) is 5.88. The molecule has 1 atom stereocenters. The quantitative estimate of drug-likeness (QED) is 0.920. The molecule has 1 aromatic rings. The number of benzene rings is 1. The summed E-state index contributed by atoms with van der Waals surface area (Å²) in [6, 6.07) is 8.26. The van der Waals surface area contributed by atoms with Gasteiger partial charge in [0, 0.05) is 19.5 Å². The first-order valence-corrected chi connectivity index (χ1v) is 7.68. The minimum atomic E-state index is -0.142. The largest absolute Gasteiger partial charge is 0.496 e. The summed E-state index contributed by atoms with van der Waals surface area (Å²) in [7, 11) is 1.74. The molecule has 2 aliphatic rings. The van der Waals surface area contributed by atoms with Crippen LogP contribution < -0.4 is 10.1 Å². The van der Waals surface area contributed by atoms with Crippen molar-refractivity contribution in [1.29, 1.82) is 0 Å². The Morgan fingerprint density at radius 3 is 2.70 bits per heavy atom. The van der Waals surface area contributed by atoms with Crippen molar-refractivity contribution in [1.82, 2.24) is 5.32 Å². The van der Waals surface area contributed by atoms with Crippen molar-refractivity contribution in [2.75, 3.05) is 20.2 Å². The van der Waals surface area contributed by atoms with Gasteiger partial charge >= 0.3 is 0 Å². The molecule has 1 spiro atoms. The molecule has 1 heterocycles. The van der Waals surface area contributed by atoms with Crippen LogP contribution in [0.25, 0.3) is 0 Å². The van der Waals surface area contributed by atoms with Crippen LogP contribution in [0.2, 0.25) is 0 Å². The second-order valence-electron chi connectivity index (χ2n) is 6.53. The predicted octanol–water partition coefficient (Wildman–Crippen LogP) is 2.93. The molecule has 3 rings (SSSR count). The van der Waals surface area contributed by atoms with Gasteiger partial charge in [-0.15, -0.1) is 0 Å². The van der Waals surface area contributed by atoms with Gasteiger partial charge in [0.05, 0.1) is 18.3 Å². The third kappa shape index (κ3) is 2.70. The van der Waals surface area contributed by atoms with Gasteiger partial charge in [0.15, 0.2) is 0 Å². The SMILES string of the molecule is COc1ccccc1CC1(C)CNCC2(CCCC2)O1. The normalized spacial score (nSPS) is 28.7. The minimum Gasteiger partial charge on any atom is -0.496 e. The molecule has 0 aromatic heterocycles. The number of morpholine rings is 1. The van der Waals surface area contributed by atoms with Crippen LogP contribution in [-0.4, -0.2) is 31.4 Å². The molecule has 1 saturated carbocycles. The van der Waals surface area contributed by atoms with Gasteiger partial charge in [-0.3, -0.25) is 0 Å². The molecule has 1 N–H and O–H groups in total. The van der Waals surface area contributed by atoms with Gasteiger partial charge in [0.25, 0.3) is 0 Å². The Hall–Kier alpha value is -1.06. The topological polar surface area (TPSA) is 30.5 Å². The Bertz CT molecular complexity index is 468. The molecule has 2 fully saturated rings.